The summed E-state index contributed by atoms with van der Waals surface area (Å²) in [5.41, 5.74) is 1.10. The van der Waals surface area contributed by atoms with Gasteiger partial charge in [0.15, 0.2) is 5.82 Å². The Balaban J connectivity index is 0.00000107. The van der Waals surface area contributed by atoms with E-state index in [4.69, 9.17) is 24.7 Å². The van der Waals surface area contributed by atoms with Gasteiger partial charge in [0.05, 0.1) is 7.11 Å². The predicted octanol–water partition coefficient (Wildman–Crippen LogP) is 2.94. The molecule has 31 heavy (non-hydrogen) atoms. The lowest BCUT2D eigenvalue weighted by Gasteiger charge is -2.19. The maximum absolute atomic E-state index is 9.29. The van der Waals surface area contributed by atoms with Crippen LogP contribution in [0, 0.1) is 0 Å². The second-order valence-electron chi connectivity index (χ2n) is 7.75. The Hall–Kier alpha value is -2.45. The zero-order chi connectivity index (χ0) is 22.5. The molecule has 0 spiro atoms. The van der Waals surface area contributed by atoms with Crippen molar-refractivity contribution in [3.8, 4) is 5.75 Å². The van der Waals surface area contributed by atoms with Crippen molar-refractivity contribution < 1.29 is 19.7 Å². The predicted molar refractivity (Wildman–Crippen MR) is 120 cm³/mol. The number of carbonyl (C=O) groups is 1. The highest BCUT2D eigenvalue weighted by Gasteiger charge is 2.24. The van der Waals surface area contributed by atoms with E-state index in [-0.39, 0.29) is 13.1 Å². The highest BCUT2D eigenvalue weighted by molar-refractivity contribution is 5.35. The van der Waals surface area contributed by atoms with Crippen LogP contribution in [0.25, 0.3) is 0 Å². The fraction of sp³-hybridized carbons (Fsp3) is 0.609. The Morgan fingerprint density at radius 1 is 1.23 bits per heavy atom. The third-order valence-electron chi connectivity index (χ3n) is 5.54. The van der Waals surface area contributed by atoms with Gasteiger partial charge < -0.3 is 19.8 Å². The number of aromatic nitrogens is 3. The normalized spacial score (nSPS) is 16.8. The van der Waals surface area contributed by atoms with Crippen LogP contribution in [-0.2, 0) is 17.8 Å². The number of rotatable bonds is 9. The molecule has 172 valence electrons. The summed E-state index contributed by atoms with van der Waals surface area (Å²) in [4.78, 5) is 15.9. The zero-order valence-corrected chi connectivity index (χ0v) is 18.7. The number of hydrogen-bond donors (Lipinski definition) is 2. The summed E-state index contributed by atoms with van der Waals surface area (Å²) in [6.07, 6.45) is 6.08. The van der Waals surface area contributed by atoms with Crippen LogP contribution in [0.5, 0.6) is 5.75 Å². The Bertz CT molecular complexity index is 781. The molecule has 0 radical (unpaired) electrons. The van der Waals surface area contributed by atoms with Crippen molar-refractivity contribution in [1.29, 1.82) is 0 Å². The van der Waals surface area contributed by atoms with Gasteiger partial charge in [0, 0.05) is 31.1 Å². The molecule has 8 nitrogen and oxygen atoms in total. The molecule has 1 fully saturated rings. The number of aryl methyl sites for hydroxylation is 1. The maximum atomic E-state index is 9.29. The first-order valence-electron chi connectivity index (χ1n) is 11.1. The third kappa shape index (κ3) is 7.63. The van der Waals surface area contributed by atoms with E-state index in [9.17, 15) is 5.11 Å². The summed E-state index contributed by atoms with van der Waals surface area (Å²) in [6, 6.07) is 8.05. The SMILES string of the molecule is CCCN1CCCC(c2nc(Cc3ccccc3OC)nn2CCCO)CC1.O=CO. The van der Waals surface area contributed by atoms with E-state index in [1.165, 1.54) is 25.9 Å². The Morgan fingerprint density at radius 2 is 2.00 bits per heavy atom. The smallest absolute Gasteiger partial charge is 0.290 e. The Labute approximate surface area is 184 Å². The molecule has 3 rings (SSSR count). The number of aliphatic hydroxyl groups is 1. The number of aliphatic hydroxyl groups excluding tert-OH is 1. The summed E-state index contributed by atoms with van der Waals surface area (Å²) < 4.78 is 7.53. The van der Waals surface area contributed by atoms with Crippen LogP contribution in [0.4, 0.5) is 0 Å². The summed E-state index contributed by atoms with van der Waals surface area (Å²) in [5.74, 6) is 3.25. The molecule has 1 unspecified atom stereocenters. The van der Waals surface area contributed by atoms with Gasteiger partial charge in [0.1, 0.15) is 11.6 Å². The highest BCUT2D eigenvalue weighted by atomic mass is 16.5. The number of nitrogens with zero attached hydrogens (tertiary/aromatic N) is 4. The number of likely N-dealkylation sites (tertiary alicyclic amines) is 1. The van der Waals surface area contributed by atoms with Gasteiger partial charge in [-0.25, -0.2) is 9.67 Å². The summed E-state index contributed by atoms with van der Waals surface area (Å²) in [5, 5.41) is 21.0. The van der Waals surface area contributed by atoms with Crippen LogP contribution < -0.4 is 4.74 Å². The first kappa shape index (κ1) is 24.8. The molecule has 0 amide bonds. The van der Waals surface area contributed by atoms with Crippen LogP contribution in [0.15, 0.2) is 24.3 Å². The molecule has 0 aliphatic carbocycles. The van der Waals surface area contributed by atoms with E-state index in [0.29, 0.717) is 18.8 Å². The van der Waals surface area contributed by atoms with E-state index in [1.54, 1.807) is 7.11 Å². The summed E-state index contributed by atoms with van der Waals surface area (Å²) in [7, 11) is 1.70. The van der Waals surface area contributed by atoms with Gasteiger partial charge >= 0.3 is 0 Å². The molecule has 2 heterocycles. The quantitative estimate of drug-likeness (QED) is 0.588. The molecule has 1 aromatic carbocycles. The molecule has 0 bridgehead atoms. The second kappa shape index (κ2) is 13.8. The average Bonchev–Trinajstić information content (AvgIpc) is 3.02. The van der Waals surface area contributed by atoms with E-state index < -0.39 is 0 Å². The lowest BCUT2D eigenvalue weighted by molar-refractivity contribution is -0.122. The monoisotopic (exact) mass is 432 g/mol. The van der Waals surface area contributed by atoms with Crippen molar-refractivity contribution in [3.63, 3.8) is 0 Å². The topological polar surface area (TPSA) is 101 Å². The van der Waals surface area contributed by atoms with Crippen LogP contribution >= 0.6 is 0 Å². The van der Waals surface area contributed by atoms with E-state index in [0.717, 1.165) is 48.9 Å². The van der Waals surface area contributed by atoms with Crippen molar-refractivity contribution in [3.05, 3.63) is 41.5 Å². The molecule has 1 aromatic heterocycles. The minimum atomic E-state index is -0.250. The van der Waals surface area contributed by atoms with Crippen molar-refractivity contribution in [1.82, 2.24) is 19.7 Å². The number of para-hydroxylation sites is 1. The fourth-order valence-electron chi connectivity index (χ4n) is 4.14. The van der Waals surface area contributed by atoms with Gasteiger partial charge in [-0.1, -0.05) is 25.1 Å². The van der Waals surface area contributed by atoms with Gasteiger partial charge in [-0.05, 0) is 57.8 Å². The molecule has 1 saturated heterocycles. The second-order valence-corrected chi connectivity index (χ2v) is 7.75. The maximum Gasteiger partial charge on any atom is 0.290 e. The van der Waals surface area contributed by atoms with Crippen molar-refractivity contribution >= 4 is 6.47 Å². The number of methoxy groups -OCH3 is 1. The van der Waals surface area contributed by atoms with Crippen molar-refractivity contribution in [2.45, 2.75) is 57.9 Å². The number of ether oxygens (including phenoxy) is 1. The minimum absolute atomic E-state index is 0.177. The Morgan fingerprint density at radius 3 is 2.71 bits per heavy atom. The standard InChI is InChI=1S/C22H34N4O2.CH2O2/c1-3-12-25-13-6-9-18(11-15-25)22-23-21(24-26(22)14-7-16-27)17-19-8-4-5-10-20(19)28-2;2-1-3/h4-5,8,10,18,27H,3,6-7,9,11-17H2,1-2H3;1H,(H,2,3). The molecule has 2 N–H and O–H groups in total. The van der Waals surface area contributed by atoms with Gasteiger partial charge in [-0.3, -0.25) is 4.79 Å². The lowest BCUT2D eigenvalue weighted by Crippen LogP contribution is -2.25. The largest absolute Gasteiger partial charge is 0.496 e. The molecule has 0 saturated carbocycles. The van der Waals surface area contributed by atoms with Gasteiger partial charge in [-0.2, -0.15) is 5.10 Å². The Kier molecular flexibility index (Phi) is 11.0. The molecular formula is C23H36N4O4. The van der Waals surface area contributed by atoms with Crippen molar-refractivity contribution in [2.24, 2.45) is 0 Å². The summed E-state index contributed by atoms with van der Waals surface area (Å²) in [6.45, 7) is 6.40. The number of carboxylic acid groups (broad SMARTS) is 1. The molecule has 1 atom stereocenters. The highest BCUT2D eigenvalue weighted by Crippen LogP contribution is 2.28. The number of hydrogen-bond acceptors (Lipinski definition) is 6. The summed E-state index contributed by atoms with van der Waals surface area (Å²) >= 11 is 0. The van der Waals surface area contributed by atoms with Crippen LogP contribution in [0.3, 0.4) is 0 Å². The number of benzene rings is 1. The van der Waals surface area contributed by atoms with Crippen molar-refractivity contribution in [2.75, 3.05) is 33.4 Å². The van der Waals surface area contributed by atoms with E-state index >= 15 is 0 Å². The first-order chi connectivity index (χ1) is 15.2. The van der Waals surface area contributed by atoms with Gasteiger partial charge in [-0.15, -0.1) is 0 Å². The molecule has 1 aliphatic rings. The third-order valence-corrected chi connectivity index (χ3v) is 5.54. The van der Waals surface area contributed by atoms with E-state index in [2.05, 4.69) is 17.9 Å². The van der Waals surface area contributed by atoms with Gasteiger partial charge in [0.2, 0.25) is 0 Å². The molecule has 8 heteroatoms. The minimum Gasteiger partial charge on any atom is -0.496 e. The van der Waals surface area contributed by atoms with E-state index in [1.807, 2.05) is 22.9 Å². The molecule has 2 aromatic rings. The van der Waals surface area contributed by atoms with Crippen LogP contribution in [-0.4, -0.2) is 69.7 Å². The zero-order valence-electron chi connectivity index (χ0n) is 18.7. The lowest BCUT2D eigenvalue weighted by atomic mass is 10.00. The van der Waals surface area contributed by atoms with Crippen LogP contribution in [0.2, 0.25) is 0 Å². The fourth-order valence-corrected chi connectivity index (χ4v) is 4.14. The molecular weight excluding hydrogens is 396 g/mol. The molecule has 1 aliphatic heterocycles. The van der Waals surface area contributed by atoms with Gasteiger partial charge in [0.25, 0.3) is 6.47 Å². The average molecular weight is 433 g/mol. The first-order valence-corrected chi connectivity index (χ1v) is 11.1. The van der Waals surface area contributed by atoms with Crippen LogP contribution in [0.1, 0.15) is 62.2 Å².